The smallest absolute Gasteiger partial charge is 0.407 e. The van der Waals surface area contributed by atoms with Crippen LogP contribution in [-0.2, 0) is 22.1 Å². The molecular weight excluding hydrogens is 786 g/mol. The molecule has 8 rings (SSSR count). The number of likely N-dealkylation sites (tertiary alicyclic amines) is 1. The van der Waals surface area contributed by atoms with Crippen molar-refractivity contribution in [1.82, 2.24) is 14.8 Å². The molecule has 1 aliphatic carbocycles. The van der Waals surface area contributed by atoms with E-state index in [0.717, 1.165) is 34.1 Å². The van der Waals surface area contributed by atoms with E-state index in [-0.39, 0.29) is 30.5 Å². The number of para-hydroxylation sites is 1. The van der Waals surface area contributed by atoms with E-state index in [9.17, 15) is 9.59 Å². The third-order valence-electron chi connectivity index (χ3n) is 12.0. The highest BCUT2D eigenvalue weighted by atomic mass is 28.4. The predicted octanol–water partition coefficient (Wildman–Crippen LogP) is 9.67. The molecule has 6 aromatic rings. The number of alkyl carbamates (subject to hydrolysis) is 1. The molecule has 3 heterocycles. The van der Waals surface area contributed by atoms with Crippen LogP contribution in [0.3, 0.4) is 0 Å². The Morgan fingerprint density at radius 2 is 1.52 bits per heavy atom. The Hall–Kier alpha value is -5.39. The number of aromatic nitrogens is 1. The first-order valence-electron chi connectivity index (χ1n) is 21.5. The maximum absolute atomic E-state index is 15.3. The van der Waals surface area contributed by atoms with Gasteiger partial charge in [0.25, 0.3) is 14.2 Å². The molecule has 2 aromatic heterocycles. The van der Waals surface area contributed by atoms with E-state index in [1.807, 2.05) is 12.1 Å². The molecule has 1 saturated carbocycles. The number of nitrogens with one attached hydrogen (secondary N) is 1. The van der Waals surface area contributed by atoms with E-state index in [4.69, 9.17) is 18.3 Å². The van der Waals surface area contributed by atoms with Gasteiger partial charge in [0.15, 0.2) is 5.76 Å². The number of carbonyl (C=O) groups excluding carboxylic acids is 2. The van der Waals surface area contributed by atoms with Gasteiger partial charge in [-0.2, -0.15) is 0 Å². The van der Waals surface area contributed by atoms with Crippen molar-refractivity contribution in [2.75, 3.05) is 26.8 Å². The van der Waals surface area contributed by atoms with Gasteiger partial charge in [-0.25, -0.2) is 9.18 Å². The van der Waals surface area contributed by atoms with E-state index in [2.05, 4.69) is 110 Å². The maximum Gasteiger partial charge on any atom is 0.407 e. The second-order valence-corrected chi connectivity index (χ2v) is 23.1. The molecule has 2 fully saturated rings. The summed E-state index contributed by atoms with van der Waals surface area (Å²) in [7, 11) is -1.28. The summed E-state index contributed by atoms with van der Waals surface area (Å²) < 4.78 is 43.6. The number of hydrogen-bond acceptors (Lipinski definition) is 6. The van der Waals surface area contributed by atoms with Crippen molar-refractivity contribution in [2.45, 2.75) is 96.6 Å². The van der Waals surface area contributed by atoms with Gasteiger partial charge < -0.3 is 33.1 Å². The number of rotatable bonds is 12. The van der Waals surface area contributed by atoms with Crippen LogP contribution in [0.2, 0.25) is 5.04 Å². The van der Waals surface area contributed by atoms with Gasteiger partial charge in [0.05, 0.1) is 30.8 Å². The van der Waals surface area contributed by atoms with Gasteiger partial charge in [0.1, 0.15) is 23.1 Å². The molecule has 320 valence electrons. The lowest BCUT2D eigenvalue weighted by Crippen LogP contribution is -2.66. The first kappa shape index (κ1) is 42.3. The number of hydrogen-bond donors (Lipinski definition) is 1. The van der Waals surface area contributed by atoms with Crippen LogP contribution >= 0.6 is 0 Å². The molecule has 0 spiro atoms. The molecule has 1 saturated heterocycles. The number of benzene rings is 4. The van der Waals surface area contributed by atoms with Gasteiger partial charge in [-0.15, -0.1) is 0 Å². The van der Waals surface area contributed by atoms with Crippen molar-refractivity contribution in [1.29, 1.82) is 0 Å². The standard InChI is InChI=1S/C50H58FN3O6Si/c1-49(2,3)60-48(56)52-37-29-36(51)31-53(32-37)47(55)35-27-43(57-7)45-40(24-25-58-61(50(4,5)6,38-17-10-8-11-18-38)39-19-12-9-13-20-39)46(59-44(45)28-35)42-26-34-16-14-15-21-41(34)54(42)30-33-22-23-33/h8-21,26-28,33,36-37H,22-25,29-32H2,1-7H3,(H,52,56)/t36-,37-/m1/s1. The summed E-state index contributed by atoms with van der Waals surface area (Å²) in [6.07, 6.45) is 1.00. The zero-order valence-corrected chi connectivity index (χ0v) is 37.4. The number of alkyl halides is 1. The lowest BCUT2D eigenvalue weighted by molar-refractivity contribution is 0.0394. The van der Waals surface area contributed by atoms with Gasteiger partial charge in [-0.1, -0.05) is 99.6 Å². The number of furan rings is 1. The van der Waals surface area contributed by atoms with Crippen molar-refractivity contribution < 1.29 is 32.3 Å². The van der Waals surface area contributed by atoms with Crippen LogP contribution < -0.4 is 20.4 Å². The van der Waals surface area contributed by atoms with Gasteiger partial charge >= 0.3 is 6.09 Å². The summed E-state index contributed by atoms with van der Waals surface area (Å²) >= 11 is 0. The van der Waals surface area contributed by atoms with Gasteiger partial charge in [0, 0.05) is 48.1 Å². The molecule has 1 aliphatic heterocycles. The normalized spacial score (nSPS) is 17.5. The van der Waals surface area contributed by atoms with Crippen LogP contribution in [0.25, 0.3) is 33.3 Å². The second kappa shape index (κ2) is 16.8. The molecule has 0 bridgehead atoms. The fourth-order valence-electron chi connectivity index (χ4n) is 9.17. The van der Waals surface area contributed by atoms with E-state index in [1.54, 1.807) is 40.0 Å². The summed E-state index contributed by atoms with van der Waals surface area (Å²) in [5.74, 6) is 1.41. The Morgan fingerprint density at radius 1 is 0.869 bits per heavy atom. The monoisotopic (exact) mass is 843 g/mol. The van der Waals surface area contributed by atoms with Crippen molar-refractivity contribution in [3.05, 3.63) is 114 Å². The molecular formula is C50H58FN3O6Si. The molecule has 1 N–H and O–H groups in total. The summed E-state index contributed by atoms with van der Waals surface area (Å²) in [5, 5.41) is 6.85. The Bertz CT molecular complexity index is 2480. The number of carbonyl (C=O) groups is 2. The Kier molecular flexibility index (Phi) is 11.7. The predicted molar refractivity (Wildman–Crippen MR) is 242 cm³/mol. The highest BCUT2D eigenvalue weighted by molar-refractivity contribution is 6.99. The highest BCUT2D eigenvalue weighted by Crippen LogP contribution is 2.44. The SMILES string of the molecule is COc1cc(C(=O)N2C[C@H](F)C[C@@H](NC(=O)OC(C)(C)C)C2)cc2oc(-c3cc4ccccc4n3CC3CC3)c(CCO[Si](c3ccccc3)(c3ccccc3)C(C)(C)C)c12. The quantitative estimate of drug-likeness (QED) is 0.123. The second-order valence-electron chi connectivity index (χ2n) is 18.8. The molecule has 0 unspecified atom stereocenters. The fourth-order valence-corrected chi connectivity index (χ4v) is 13.7. The van der Waals surface area contributed by atoms with E-state index in [1.165, 1.54) is 28.1 Å². The minimum Gasteiger partial charge on any atom is -0.496 e. The molecule has 2 atom stereocenters. The topological polar surface area (TPSA) is 95.2 Å². The molecule has 2 amide bonds. The summed E-state index contributed by atoms with van der Waals surface area (Å²) in [6.45, 7) is 13.5. The molecule has 61 heavy (non-hydrogen) atoms. The number of amides is 2. The number of fused-ring (bicyclic) bond motifs is 2. The lowest BCUT2D eigenvalue weighted by Gasteiger charge is -2.43. The first-order valence-corrected chi connectivity index (χ1v) is 23.5. The third-order valence-corrected chi connectivity index (χ3v) is 17.0. The Labute approximate surface area is 359 Å². The van der Waals surface area contributed by atoms with Crippen molar-refractivity contribution in [3.63, 3.8) is 0 Å². The third kappa shape index (κ3) is 8.73. The average Bonchev–Trinajstić information content (AvgIpc) is 3.87. The molecule has 0 radical (unpaired) electrons. The number of nitrogens with zero attached hydrogens (tertiary/aromatic N) is 2. The number of halogens is 1. The Morgan fingerprint density at radius 3 is 2.15 bits per heavy atom. The molecule has 2 aliphatic rings. The Balaban J connectivity index is 1.21. The lowest BCUT2D eigenvalue weighted by atomic mass is 10.0. The van der Waals surface area contributed by atoms with Crippen LogP contribution in [-0.4, -0.2) is 74.4 Å². The van der Waals surface area contributed by atoms with E-state index >= 15 is 4.39 Å². The largest absolute Gasteiger partial charge is 0.496 e. The summed E-state index contributed by atoms with van der Waals surface area (Å²) in [4.78, 5) is 28.4. The number of piperidine rings is 1. The number of methoxy groups -OCH3 is 1. The van der Waals surface area contributed by atoms with Crippen LogP contribution in [0.1, 0.15) is 76.7 Å². The zero-order chi connectivity index (χ0) is 43.1. The highest BCUT2D eigenvalue weighted by Gasteiger charge is 2.50. The molecule has 11 heteroatoms. The van der Waals surface area contributed by atoms with Crippen LogP contribution in [0.4, 0.5) is 9.18 Å². The van der Waals surface area contributed by atoms with Crippen LogP contribution in [0.5, 0.6) is 5.75 Å². The minimum atomic E-state index is -2.88. The van der Waals surface area contributed by atoms with Crippen molar-refractivity contribution in [2.24, 2.45) is 5.92 Å². The summed E-state index contributed by atoms with van der Waals surface area (Å²) in [6, 6.07) is 34.8. The van der Waals surface area contributed by atoms with Crippen LogP contribution in [0, 0.1) is 5.92 Å². The molecule has 9 nitrogen and oxygen atoms in total. The van der Waals surface area contributed by atoms with E-state index in [0.29, 0.717) is 41.6 Å². The van der Waals surface area contributed by atoms with Gasteiger partial charge in [-0.3, -0.25) is 4.79 Å². The average molecular weight is 844 g/mol. The van der Waals surface area contributed by atoms with Gasteiger partial charge in [0.2, 0.25) is 0 Å². The van der Waals surface area contributed by atoms with Crippen LogP contribution in [0.15, 0.2) is 108 Å². The summed E-state index contributed by atoms with van der Waals surface area (Å²) in [5.41, 5.74) is 3.14. The minimum absolute atomic E-state index is 0.0844. The van der Waals surface area contributed by atoms with Crippen molar-refractivity contribution in [3.8, 4) is 17.2 Å². The van der Waals surface area contributed by atoms with E-state index < -0.39 is 32.2 Å². The fraction of sp³-hybridized carbons (Fsp3) is 0.400. The van der Waals surface area contributed by atoms with Crippen molar-refractivity contribution >= 4 is 52.6 Å². The number of ether oxygens (including phenoxy) is 2. The zero-order valence-electron chi connectivity index (χ0n) is 36.4. The first-order chi connectivity index (χ1) is 29.1. The maximum atomic E-state index is 15.3. The molecule has 4 aromatic carbocycles. The van der Waals surface area contributed by atoms with Gasteiger partial charge in [-0.05, 0) is 85.6 Å².